The third-order valence-electron chi connectivity index (χ3n) is 10.4. The maximum atomic E-state index is 11.2. The van der Waals surface area contributed by atoms with E-state index in [1.54, 1.807) is 11.8 Å². The molecule has 0 aromatic rings. The van der Waals surface area contributed by atoms with Crippen molar-refractivity contribution in [1.82, 2.24) is 0 Å². The standard InChI is InChI=1S/C27H50O6S2/c1-5-19(28)10-12-26(3)17-23(29)25(30)24-21(26)11-13-27(4)20(8-9-22(24)27)18(2)7-6-14-34-15-16-35(31,32)33/h18-25,28-30H,5-17H2,1-4H3,(H,31,32,33). The molecule has 0 spiro atoms. The topological polar surface area (TPSA) is 115 Å². The van der Waals surface area contributed by atoms with Crippen molar-refractivity contribution in [2.24, 2.45) is 40.4 Å². The normalized spacial score (nSPS) is 41.3. The van der Waals surface area contributed by atoms with Crippen molar-refractivity contribution in [2.75, 3.05) is 17.3 Å². The summed E-state index contributed by atoms with van der Waals surface area (Å²) in [5.41, 5.74) is 0.143. The van der Waals surface area contributed by atoms with E-state index in [0.29, 0.717) is 35.8 Å². The summed E-state index contributed by atoms with van der Waals surface area (Å²) in [5, 5.41) is 32.4. The van der Waals surface area contributed by atoms with Crippen LogP contribution < -0.4 is 0 Å². The zero-order valence-electron chi connectivity index (χ0n) is 22.2. The van der Waals surface area contributed by atoms with Gasteiger partial charge in [0.05, 0.1) is 24.1 Å². The highest BCUT2D eigenvalue weighted by atomic mass is 32.2. The van der Waals surface area contributed by atoms with Gasteiger partial charge in [-0.3, -0.25) is 4.55 Å². The molecule has 6 nitrogen and oxygen atoms in total. The number of aliphatic hydroxyl groups is 3. The summed E-state index contributed by atoms with van der Waals surface area (Å²) in [6, 6.07) is 0. The van der Waals surface area contributed by atoms with Gasteiger partial charge in [-0.15, -0.1) is 0 Å². The molecule has 4 N–H and O–H groups in total. The minimum Gasteiger partial charge on any atom is -0.393 e. The summed E-state index contributed by atoms with van der Waals surface area (Å²) < 4.78 is 30.6. The molecule has 3 rings (SSSR count). The van der Waals surface area contributed by atoms with E-state index in [1.165, 1.54) is 12.8 Å². The molecule has 0 aliphatic heterocycles. The van der Waals surface area contributed by atoms with Crippen LogP contribution in [0.1, 0.15) is 91.9 Å². The number of thioether (sulfide) groups is 1. The number of hydrogen-bond acceptors (Lipinski definition) is 6. The summed E-state index contributed by atoms with van der Waals surface area (Å²) in [5.74, 6) is 3.31. The quantitative estimate of drug-likeness (QED) is 0.211. The molecule has 3 fully saturated rings. The number of fused-ring (bicyclic) bond motifs is 3. The first kappa shape index (κ1) is 29.7. The second-order valence-electron chi connectivity index (χ2n) is 12.6. The smallest absolute Gasteiger partial charge is 0.265 e. The third-order valence-corrected chi connectivity index (χ3v) is 12.5. The SMILES string of the molecule is CCC(O)CCC1(C)CC(O)C(O)C2C1CCC1(C)C(C(C)CCCSCCS(=O)(=O)O)CCC21. The van der Waals surface area contributed by atoms with Gasteiger partial charge < -0.3 is 15.3 Å². The molecule has 0 radical (unpaired) electrons. The molecule has 3 aliphatic carbocycles. The van der Waals surface area contributed by atoms with E-state index < -0.39 is 22.3 Å². The Kier molecular flexibility index (Phi) is 10.1. The zero-order chi connectivity index (χ0) is 26.0. The highest BCUT2D eigenvalue weighted by Crippen LogP contribution is 2.66. The average molecular weight is 535 g/mol. The number of rotatable bonds is 12. The molecule has 3 aliphatic rings. The summed E-state index contributed by atoms with van der Waals surface area (Å²) in [6.45, 7) is 9.10. The molecule has 0 bridgehead atoms. The molecule has 35 heavy (non-hydrogen) atoms. The van der Waals surface area contributed by atoms with Crippen LogP contribution in [0.3, 0.4) is 0 Å². The fraction of sp³-hybridized carbons (Fsp3) is 1.00. The summed E-state index contributed by atoms with van der Waals surface area (Å²) in [7, 11) is -3.87. The van der Waals surface area contributed by atoms with Crippen molar-refractivity contribution in [3.8, 4) is 0 Å². The zero-order valence-corrected chi connectivity index (χ0v) is 23.9. The van der Waals surface area contributed by atoms with Gasteiger partial charge in [-0.25, -0.2) is 0 Å². The van der Waals surface area contributed by atoms with Crippen LogP contribution >= 0.6 is 11.8 Å². The highest BCUT2D eigenvalue weighted by Gasteiger charge is 2.61. The molecule has 0 aromatic carbocycles. The van der Waals surface area contributed by atoms with Gasteiger partial charge in [-0.2, -0.15) is 20.2 Å². The molecule has 10 atom stereocenters. The van der Waals surface area contributed by atoms with Crippen LogP contribution in [0.15, 0.2) is 0 Å². The summed E-state index contributed by atoms with van der Waals surface area (Å²) in [4.78, 5) is 0. The van der Waals surface area contributed by atoms with Crippen molar-refractivity contribution in [3.05, 3.63) is 0 Å². The van der Waals surface area contributed by atoms with Gasteiger partial charge in [0, 0.05) is 5.75 Å². The highest BCUT2D eigenvalue weighted by molar-refractivity contribution is 8.00. The van der Waals surface area contributed by atoms with E-state index >= 15 is 0 Å². The second-order valence-corrected chi connectivity index (χ2v) is 15.4. The Hall–Kier alpha value is 0.140. The van der Waals surface area contributed by atoms with Crippen molar-refractivity contribution < 1.29 is 28.3 Å². The van der Waals surface area contributed by atoms with Crippen LogP contribution in [0, 0.1) is 40.4 Å². The molecular weight excluding hydrogens is 484 g/mol. The second kappa shape index (κ2) is 11.9. The first-order chi connectivity index (χ1) is 16.3. The summed E-state index contributed by atoms with van der Waals surface area (Å²) in [6.07, 6.45) is 8.15. The average Bonchev–Trinajstić information content (AvgIpc) is 3.14. The van der Waals surface area contributed by atoms with Crippen LogP contribution in [0.25, 0.3) is 0 Å². The van der Waals surface area contributed by atoms with Crippen LogP contribution in [-0.4, -0.2) is 63.9 Å². The summed E-state index contributed by atoms with van der Waals surface area (Å²) >= 11 is 1.59. The van der Waals surface area contributed by atoms with Crippen LogP contribution in [0.4, 0.5) is 0 Å². The molecule has 0 saturated heterocycles. The van der Waals surface area contributed by atoms with Gasteiger partial charge in [0.1, 0.15) is 0 Å². The Morgan fingerprint density at radius 2 is 1.77 bits per heavy atom. The lowest BCUT2D eigenvalue weighted by molar-refractivity contribution is -0.178. The minimum absolute atomic E-state index is 0.0379. The Labute approximate surface area is 217 Å². The monoisotopic (exact) mass is 534 g/mol. The van der Waals surface area contributed by atoms with E-state index in [-0.39, 0.29) is 28.6 Å². The van der Waals surface area contributed by atoms with Gasteiger partial charge in [0.25, 0.3) is 10.1 Å². The van der Waals surface area contributed by atoms with Crippen molar-refractivity contribution in [3.63, 3.8) is 0 Å². The van der Waals surface area contributed by atoms with Crippen LogP contribution in [0.5, 0.6) is 0 Å². The Bertz CT molecular complexity index is 791. The van der Waals surface area contributed by atoms with Crippen LogP contribution in [-0.2, 0) is 10.1 Å². The molecule has 0 amide bonds. The molecule has 0 aromatic heterocycles. The number of aliphatic hydroxyl groups excluding tert-OH is 3. The van der Waals surface area contributed by atoms with Gasteiger partial charge in [0.2, 0.25) is 0 Å². The van der Waals surface area contributed by atoms with E-state index in [9.17, 15) is 23.7 Å². The molecule has 206 valence electrons. The van der Waals surface area contributed by atoms with Gasteiger partial charge in [-0.05, 0) is 110 Å². The van der Waals surface area contributed by atoms with Gasteiger partial charge in [0.15, 0.2) is 0 Å². The molecule has 3 saturated carbocycles. The van der Waals surface area contributed by atoms with E-state index in [4.69, 9.17) is 4.55 Å². The molecule has 0 heterocycles. The van der Waals surface area contributed by atoms with E-state index in [1.807, 2.05) is 6.92 Å². The lowest BCUT2D eigenvalue weighted by Crippen LogP contribution is -2.58. The molecule has 10 unspecified atom stereocenters. The fourth-order valence-electron chi connectivity index (χ4n) is 8.43. The lowest BCUT2D eigenvalue weighted by atomic mass is 9.47. The first-order valence-corrected chi connectivity index (χ1v) is 16.7. The minimum atomic E-state index is -3.87. The lowest BCUT2D eigenvalue weighted by Gasteiger charge is -2.59. The van der Waals surface area contributed by atoms with Crippen molar-refractivity contribution in [2.45, 2.75) is 110 Å². The van der Waals surface area contributed by atoms with E-state index in [0.717, 1.165) is 50.7 Å². The predicted molar refractivity (Wildman–Crippen MR) is 143 cm³/mol. The van der Waals surface area contributed by atoms with Gasteiger partial charge in [-0.1, -0.05) is 27.7 Å². The van der Waals surface area contributed by atoms with Crippen molar-refractivity contribution >= 4 is 21.9 Å². The maximum absolute atomic E-state index is 11.2. The third kappa shape index (κ3) is 6.78. The molecular formula is C27H50O6S2. The van der Waals surface area contributed by atoms with Crippen LogP contribution in [0.2, 0.25) is 0 Å². The largest absolute Gasteiger partial charge is 0.393 e. The first-order valence-electron chi connectivity index (χ1n) is 13.9. The Balaban J connectivity index is 1.63. The Morgan fingerprint density at radius 1 is 1.06 bits per heavy atom. The molecule has 8 heteroatoms. The number of hydrogen-bond donors (Lipinski definition) is 4. The predicted octanol–water partition coefficient (Wildman–Crippen LogP) is 4.77. The van der Waals surface area contributed by atoms with E-state index in [2.05, 4.69) is 20.8 Å². The fourth-order valence-corrected chi connectivity index (χ4v) is 10.3. The van der Waals surface area contributed by atoms with Gasteiger partial charge >= 0.3 is 0 Å². The maximum Gasteiger partial charge on any atom is 0.265 e. The van der Waals surface area contributed by atoms with Crippen molar-refractivity contribution in [1.29, 1.82) is 0 Å². The Morgan fingerprint density at radius 3 is 2.43 bits per heavy atom.